The second kappa shape index (κ2) is 6.50. The van der Waals surface area contributed by atoms with Gasteiger partial charge < -0.3 is 5.32 Å². The van der Waals surface area contributed by atoms with Gasteiger partial charge in [-0.1, -0.05) is 39.7 Å². The lowest BCUT2D eigenvalue weighted by atomic mass is 9.74. The quantitative estimate of drug-likeness (QED) is 0.431. The molecule has 0 aromatic rings. The summed E-state index contributed by atoms with van der Waals surface area (Å²) in [7, 11) is 0. The minimum atomic E-state index is -0.214. The maximum Gasteiger partial charge on any atom is 0.225 e. The van der Waals surface area contributed by atoms with Gasteiger partial charge in [0.25, 0.3) is 0 Å². The Bertz CT molecular complexity index is 298. The van der Waals surface area contributed by atoms with E-state index in [1.807, 2.05) is 0 Å². The van der Waals surface area contributed by atoms with Crippen LogP contribution in [-0.4, -0.2) is 19.0 Å². The van der Waals surface area contributed by atoms with Crippen LogP contribution in [0.25, 0.3) is 10.4 Å². The fourth-order valence-corrected chi connectivity index (χ4v) is 2.22. The van der Waals surface area contributed by atoms with Crippen molar-refractivity contribution in [1.82, 2.24) is 5.32 Å². The predicted octanol–water partition coefficient (Wildman–Crippen LogP) is 3.27. The third kappa shape index (κ3) is 9.69. The number of azide groups is 1. The summed E-state index contributed by atoms with van der Waals surface area (Å²) in [4.78, 5) is 13.7. The van der Waals surface area contributed by atoms with Crippen molar-refractivity contribution < 1.29 is 4.79 Å². The molecule has 1 amide bonds. The third-order valence-corrected chi connectivity index (χ3v) is 2.41. The van der Waals surface area contributed by atoms with Gasteiger partial charge >= 0.3 is 0 Å². The lowest BCUT2D eigenvalue weighted by molar-refractivity contribution is -0.119. The van der Waals surface area contributed by atoms with Crippen LogP contribution in [0.4, 0.5) is 0 Å². The maximum absolute atomic E-state index is 11.2. The first-order valence-corrected chi connectivity index (χ1v) is 5.94. The summed E-state index contributed by atoms with van der Waals surface area (Å²) in [6.45, 7) is 11.6. The smallest absolute Gasteiger partial charge is 0.225 e. The van der Waals surface area contributed by atoms with Gasteiger partial charge in [0.1, 0.15) is 6.54 Å². The highest BCUT2D eigenvalue weighted by molar-refractivity contribution is 5.78. The monoisotopic (exact) mass is 240 g/mol. The number of rotatable bonds is 6. The van der Waals surface area contributed by atoms with Gasteiger partial charge in [0.15, 0.2) is 0 Å². The predicted molar refractivity (Wildman–Crippen MR) is 69.5 cm³/mol. The topological polar surface area (TPSA) is 77.9 Å². The van der Waals surface area contributed by atoms with Gasteiger partial charge in [0.05, 0.1) is 0 Å². The number of hydrogen-bond acceptors (Lipinski definition) is 2. The molecule has 0 rings (SSSR count). The molecule has 0 radical (unpaired) electrons. The molecular weight excluding hydrogens is 216 g/mol. The average molecular weight is 240 g/mol. The molecule has 17 heavy (non-hydrogen) atoms. The lowest BCUT2D eigenvalue weighted by Crippen LogP contribution is -2.31. The third-order valence-electron chi connectivity index (χ3n) is 2.41. The van der Waals surface area contributed by atoms with Crippen LogP contribution in [0.5, 0.6) is 0 Å². The van der Waals surface area contributed by atoms with Gasteiger partial charge in [-0.15, -0.1) is 0 Å². The van der Waals surface area contributed by atoms with Crippen LogP contribution in [0.15, 0.2) is 5.11 Å². The van der Waals surface area contributed by atoms with E-state index in [1.54, 1.807) is 0 Å². The summed E-state index contributed by atoms with van der Waals surface area (Å²) in [5.74, 6) is -0.214. The molecule has 5 heteroatoms. The SMILES string of the molecule is CC(C)(C)CC(C)(C)CCNC(=O)CN=[N+]=[N-]. The molecule has 0 fully saturated rings. The molecule has 0 aliphatic rings. The zero-order valence-corrected chi connectivity index (χ0v) is 11.6. The molecule has 0 saturated heterocycles. The highest BCUT2D eigenvalue weighted by Crippen LogP contribution is 2.35. The van der Waals surface area contributed by atoms with Gasteiger partial charge in [-0.2, -0.15) is 0 Å². The largest absolute Gasteiger partial charge is 0.356 e. The summed E-state index contributed by atoms with van der Waals surface area (Å²) >= 11 is 0. The molecule has 0 unspecified atom stereocenters. The Morgan fingerprint density at radius 1 is 1.29 bits per heavy atom. The molecule has 0 heterocycles. The molecule has 98 valence electrons. The first kappa shape index (κ1) is 15.8. The van der Waals surface area contributed by atoms with E-state index in [0.717, 1.165) is 12.8 Å². The normalized spacial score (nSPS) is 11.8. The number of carbonyl (C=O) groups is 1. The van der Waals surface area contributed by atoms with Gasteiger partial charge in [0.2, 0.25) is 5.91 Å². The van der Waals surface area contributed by atoms with Crippen molar-refractivity contribution in [2.24, 2.45) is 15.9 Å². The molecule has 0 saturated carbocycles. The maximum atomic E-state index is 11.2. The fraction of sp³-hybridized carbons (Fsp3) is 0.917. The molecule has 0 aliphatic heterocycles. The average Bonchev–Trinajstić information content (AvgIpc) is 2.10. The van der Waals surface area contributed by atoms with E-state index < -0.39 is 0 Å². The van der Waals surface area contributed by atoms with Crippen LogP contribution in [0.3, 0.4) is 0 Å². The second-order valence-electron chi connectivity index (χ2n) is 6.39. The van der Waals surface area contributed by atoms with Crippen LogP contribution in [0, 0.1) is 10.8 Å². The van der Waals surface area contributed by atoms with Crippen molar-refractivity contribution in [3.8, 4) is 0 Å². The van der Waals surface area contributed by atoms with Gasteiger partial charge in [0, 0.05) is 11.5 Å². The summed E-state index contributed by atoms with van der Waals surface area (Å²) in [6.07, 6.45) is 2.03. The zero-order valence-electron chi connectivity index (χ0n) is 11.6. The van der Waals surface area contributed by atoms with Crippen molar-refractivity contribution in [3.05, 3.63) is 10.4 Å². The van der Waals surface area contributed by atoms with Crippen LogP contribution >= 0.6 is 0 Å². The Hall–Kier alpha value is -1.22. The fourth-order valence-electron chi connectivity index (χ4n) is 2.22. The van der Waals surface area contributed by atoms with Crippen LogP contribution in [-0.2, 0) is 4.79 Å². The molecule has 0 aliphatic carbocycles. The van der Waals surface area contributed by atoms with E-state index in [2.05, 4.69) is 50.0 Å². The Morgan fingerprint density at radius 2 is 1.88 bits per heavy atom. The van der Waals surface area contributed by atoms with Crippen LogP contribution in [0.1, 0.15) is 47.5 Å². The van der Waals surface area contributed by atoms with Crippen molar-refractivity contribution in [2.75, 3.05) is 13.1 Å². The molecule has 0 spiro atoms. The Morgan fingerprint density at radius 3 is 2.35 bits per heavy atom. The van der Waals surface area contributed by atoms with Crippen molar-refractivity contribution >= 4 is 5.91 Å². The molecule has 0 atom stereocenters. The summed E-state index contributed by atoms with van der Waals surface area (Å²) in [5, 5.41) is 5.97. The first-order chi connectivity index (χ1) is 7.66. The molecule has 1 N–H and O–H groups in total. The molecular formula is C12H24N4O. The van der Waals surface area contributed by atoms with Gasteiger partial charge in [-0.05, 0) is 29.2 Å². The van der Waals surface area contributed by atoms with E-state index in [1.165, 1.54) is 0 Å². The van der Waals surface area contributed by atoms with Crippen LogP contribution < -0.4 is 5.32 Å². The summed E-state index contributed by atoms with van der Waals surface area (Å²) < 4.78 is 0. The molecule has 0 bridgehead atoms. The molecule has 0 aromatic heterocycles. The van der Waals surface area contributed by atoms with Crippen molar-refractivity contribution in [2.45, 2.75) is 47.5 Å². The second-order valence-corrected chi connectivity index (χ2v) is 6.39. The van der Waals surface area contributed by atoms with E-state index in [4.69, 9.17) is 5.53 Å². The minimum Gasteiger partial charge on any atom is -0.356 e. The number of nitrogens with zero attached hydrogens (tertiary/aromatic N) is 3. The van der Waals surface area contributed by atoms with Crippen molar-refractivity contribution in [3.63, 3.8) is 0 Å². The number of amides is 1. The molecule has 0 aromatic carbocycles. The first-order valence-electron chi connectivity index (χ1n) is 5.94. The summed E-state index contributed by atoms with van der Waals surface area (Å²) in [6, 6.07) is 0. The summed E-state index contributed by atoms with van der Waals surface area (Å²) in [5.41, 5.74) is 8.56. The minimum absolute atomic E-state index is 0.115. The van der Waals surface area contributed by atoms with E-state index in [9.17, 15) is 4.79 Å². The van der Waals surface area contributed by atoms with E-state index in [-0.39, 0.29) is 17.9 Å². The van der Waals surface area contributed by atoms with E-state index in [0.29, 0.717) is 12.0 Å². The molecule has 5 nitrogen and oxygen atoms in total. The zero-order chi connectivity index (χ0) is 13.5. The van der Waals surface area contributed by atoms with Crippen LogP contribution in [0.2, 0.25) is 0 Å². The van der Waals surface area contributed by atoms with Gasteiger partial charge in [-0.25, -0.2) is 0 Å². The standard InChI is InChI=1S/C12H24N4O/c1-11(2,3)9-12(4,5)6-7-14-10(17)8-15-16-13/h6-9H2,1-5H3,(H,14,17). The highest BCUT2D eigenvalue weighted by Gasteiger charge is 2.25. The van der Waals surface area contributed by atoms with E-state index >= 15 is 0 Å². The lowest BCUT2D eigenvalue weighted by Gasteiger charge is -2.32. The Labute approximate surface area is 104 Å². The number of hydrogen-bond donors (Lipinski definition) is 1. The van der Waals surface area contributed by atoms with Gasteiger partial charge in [-0.3, -0.25) is 4.79 Å². The highest BCUT2D eigenvalue weighted by atomic mass is 16.1. The Kier molecular flexibility index (Phi) is 6.03. The number of carbonyl (C=O) groups excluding carboxylic acids is 1. The Balaban J connectivity index is 3.94. The number of nitrogens with one attached hydrogen (secondary N) is 1. The van der Waals surface area contributed by atoms with Crippen molar-refractivity contribution in [1.29, 1.82) is 0 Å².